The van der Waals surface area contributed by atoms with Crippen molar-refractivity contribution in [2.45, 2.75) is 43.8 Å². The first kappa shape index (κ1) is 13.4. The number of hydrogen-bond acceptors (Lipinski definition) is 3. The summed E-state index contributed by atoms with van der Waals surface area (Å²) in [6.07, 6.45) is 4.38. The maximum Gasteiger partial charge on any atom is 0.118 e. The van der Waals surface area contributed by atoms with E-state index in [4.69, 9.17) is 9.47 Å². The van der Waals surface area contributed by atoms with Crippen LogP contribution in [0.4, 0.5) is 0 Å². The molecule has 0 radical (unpaired) electrons. The Morgan fingerprint density at radius 1 is 1.22 bits per heavy atom. The van der Waals surface area contributed by atoms with Gasteiger partial charge in [-0.05, 0) is 49.8 Å². The van der Waals surface area contributed by atoms with E-state index in [1.165, 1.54) is 5.56 Å². The van der Waals surface area contributed by atoms with Crippen LogP contribution in [0.2, 0.25) is 0 Å². The highest BCUT2D eigenvalue weighted by atomic mass is 16.5. The molecule has 3 nitrogen and oxygen atoms in total. The summed E-state index contributed by atoms with van der Waals surface area (Å²) < 4.78 is 10.6. The lowest BCUT2D eigenvalue weighted by Gasteiger charge is -2.44. The van der Waals surface area contributed by atoms with Crippen LogP contribution in [0.15, 0.2) is 24.3 Å². The molecular formula is C15H22O3. The lowest BCUT2D eigenvalue weighted by molar-refractivity contribution is -0.151. The number of ether oxygens (including phenoxy) is 2. The maximum absolute atomic E-state index is 10.2. The molecule has 0 spiro atoms. The molecule has 1 unspecified atom stereocenters. The van der Waals surface area contributed by atoms with Crippen molar-refractivity contribution in [2.75, 3.05) is 14.2 Å². The second-order valence-electron chi connectivity index (χ2n) is 5.02. The summed E-state index contributed by atoms with van der Waals surface area (Å²) in [7, 11) is 3.37. The number of aliphatic hydroxyl groups is 1. The lowest BCUT2D eigenvalue weighted by atomic mass is 9.74. The summed E-state index contributed by atoms with van der Waals surface area (Å²) in [5.41, 5.74) is 0.951. The van der Waals surface area contributed by atoms with E-state index in [9.17, 15) is 5.11 Å². The van der Waals surface area contributed by atoms with Crippen LogP contribution >= 0.6 is 0 Å². The molecule has 1 aromatic rings. The average molecular weight is 250 g/mol. The van der Waals surface area contributed by atoms with Crippen LogP contribution in [0.25, 0.3) is 0 Å². The molecule has 0 aromatic heterocycles. The summed E-state index contributed by atoms with van der Waals surface area (Å²) in [4.78, 5) is 0. The Morgan fingerprint density at radius 3 is 2.33 bits per heavy atom. The molecule has 1 fully saturated rings. The third kappa shape index (κ3) is 2.68. The van der Waals surface area contributed by atoms with E-state index >= 15 is 0 Å². The van der Waals surface area contributed by atoms with E-state index in [0.717, 1.165) is 37.9 Å². The third-order valence-electron chi connectivity index (χ3n) is 4.08. The highest BCUT2D eigenvalue weighted by Gasteiger charge is 2.43. The number of hydrogen-bond donors (Lipinski definition) is 1. The summed E-state index contributed by atoms with van der Waals surface area (Å²) in [5, 5.41) is 10.2. The smallest absolute Gasteiger partial charge is 0.118 e. The van der Waals surface area contributed by atoms with Crippen LogP contribution in [0.3, 0.4) is 0 Å². The topological polar surface area (TPSA) is 38.7 Å². The quantitative estimate of drug-likeness (QED) is 0.843. The summed E-state index contributed by atoms with van der Waals surface area (Å²) in [6.45, 7) is 0. The van der Waals surface area contributed by atoms with Crippen molar-refractivity contribution in [2.24, 2.45) is 0 Å². The zero-order valence-corrected chi connectivity index (χ0v) is 11.2. The number of benzene rings is 1. The van der Waals surface area contributed by atoms with Gasteiger partial charge < -0.3 is 14.6 Å². The molecule has 100 valence electrons. The van der Waals surface area contributed by atoms with Crippen molar-refractivity contribution in [3.05, 3.63) is 29.8 Å². The Balaban J connectivity index is 1.86. The predicted octanol–water partition coefficient (Wildman–Crippen LogP) is 2.56. The van der Waals surface area contributed by atoms with Crippen molar-refractivity contribution < 1.29 is 14.6 Å². The Labute approximate surface area is 109 Å². The third-order valence-corrected chi connectivity index (χ3v) is 4.08. The van der Waals surface area contributed by atoms with Crippen LogP contribution in [0.1, 0.15) is 31.2 Å². The first-order valence-corrected chi connectivity index (χ1v) is 6.56. The van der Waals surface area contributed by atoms with Gasteiger partial charge in [0.2, 0.25) is 0 Å². The van der Waals surface area contributed by atoms with Gasteiger partial charge in [-0.3, -0.25) is 0 Å². The first-order valence-electron chi connectivity index (χ1n) is 6.56. The van der Waals surface area contributed by atoms with E-state index in [-0.39, 0.29) is 11.7 Å². The number of methoxy groups -OCH3 is 2. The molecule has 0 bridgehead atoms. The summed E-state index contributed by atoms with van der Waals surface area (Å²) in [5.74, 6) is 0.867. The normalized spacial score (nSPS) is 19.1. The lowest BCUT2D eigenvalue weighted by Crippen LogP contribution is -2.50. The fraction of sp³-hybridized carbons (Fsp3) is 0.600. The number of rotatable bonds is 6. The predicted molar refractivity (Wildman–Crippen MR) is 70.9 cm³/mol. The monoisotopic (exact) mass is 250 g/mol. The molecule has 18 heavy (non-hydrogen) atoms. The van der Waals surface area contributed by atoms with Gasteiger partial charge in [-0.15, -0.1) is 0 Å². The van der Waals surface area contributed by atoms with E-state index < -0.39 is 0 Å². The van der Waals surface area contributed by atoms with Crippen molar-refractivity contribution in [1.29, 1.82) is 0 Å². The van der Waals surface area contributed by atoms with Crippen molar-refractivity contribution in [1.82, 2.24) is 0 Å². The SMILES string of the molecule is COc1ccc(CCC(O)C2(OC)CCC2)cc1. The Kier molecular flexibility index (Phi) is 4.25. The molecule has 1 aliphatic rings. The van der Waals surface area contributed by atoms with Gasteiger partial charge in [0.1, 0.15) is 5.75 Å². The van der Waals surface area contributed by atoms with Gasteiger partial charge in [0, 0.05) is 7.11 Å². The molecule has 1 atom stereocenters. The largest absolute Gasteiger partial charge is 0.497 e. The standard InChI is InChI=1S/C15H22O3/c1-17-13-7-4-12(5-8-13)6-9-14(16)15(18-2)10-3-11-15/h4-5,7-8,14,16H,3,6,9-11H2,1-2H3. The fourth-order valence-electron chi connectivity index (χ4n) is 2.56. The van der Waals surface area contributed by atoms with Crippen LogP contribution in [-0.2, 0) is 11.2 Å². The number of aliphatic hydroxyl groups excluding tert-OH is 1. The van der Waals surface area contributed by atoms with E-state index in [0.29, 0.717) is 0 Å². The minimum Gasteiger partial charge on any atom is -0.497 e. The van der Waals surface area contributed by atoms with E-state index in [2.05, 4.69) is 0 Å². The van der Waals surface area contributed by atoms with Crippen LogP contribution in [0.5, 0.6) is 5.75 Å². The number of aryl methyl sites for hydroxylation is 1. The van der Waals surface area contributed by atoms with Crippen LogP contribution < -0.4 is 4.74 Å². The van der Waals surface area contributed by atoms with Gasteiger partial charge in [0.25, 0.3) is 0 Å². The second-order valence-corrected chi connectivity index (χ2v) is 5.02. The molecule has 0 heterocycles. The van der Waals surface area contributed by atoms with Gasteiger partial charge in [-0.2, -0.15) is 0 Å². The highest BCUT2D eigenvalue weighted by molar-refractivity contribution is 5.27. The molecule has 1 aliphatic carbocycles. The van der Waals surface area contributed by atoms with Gasteiger partial charge in [0.05, 0.1) is 18.8 Å². The van der Waals surface area contributed by atoms with Crippen LogP contribution in [-0.4, -0.2) is 31.0 Å². The molecule has 0 amide bonds. The summed E-state index contributed by atoms with van der Waals surface area (Å²) >= 11 is 0. The Hall–Kier alpha value is -1.06. The van der Waals surface area contributed by atoms with Gasteiger partial charge in [0.15, 0.2) is 0 Å². The Bertz CT molecular complexity index is 362. The highest BCUT2D eigenvalue weighted by Crippen LogP contribution is 2.39. The van der Waals surface area contributed by atoms with Crippen molar-refractivity contribution in [3.63, 3.8) is 0 Å². The molecule has 0 aliphatic heterocycles. The summed E-state index contributed by atoms with van der Waals surface area (Å²) in [6, 6.07) is 8.01. The van der Waals surface area contributed by atoms with E-state index in [1.54, 1.807) is 14.2 Å². The maximum atomic E-state index is 10.2. The zero-order chi connectivity index (χ0) is 13.0. The van der Waals surface area contributed by atoms with Crippen molar-refractivity contribution >= 4 is 0 Å². The molecule has 1 saturated carbocycles. The Morgan fingerprint density at radius 2 is 1.89 bits per heavy atom. The molecule has 1 N–H and O–H groups in total. The average Bonchev–Trinajstić information content (AvgIpc) is 2.36. The van der Waals surface area contributed by atoms with Gasteiger partial charge >= 0.3 is 0 Å². The molecule has 1 aromatic carbocycles. The van der Waals surface area contributed by atoms with Crippen molar-refractivity contribution in [3.8, 4) is 5.75 Å². The second kappa shape index (κ2) is 5.72. The minimum atomic E-state index is -0.363. The fourth-order valence-corrected chi connectivity index (χ4v) is 2.56. The molecule has 2 rings (SSSR count). The van der Waals surface area contributed by atoms with Gasteiger partial charge in [-0.1, -0.05) is 12.1 Å². The minimum absolute atomic E-state index is 0.271. The van der Waals surface area contributed by atoms with E-state index in [1.807, 2.05) is 24.3 Å². The first-order chi connectivity index (χ1) is 8.70. The molecule has 3 heteroatoms. The van der Waals surface area contributed by atoms with Crippen LogP contribution in [0, 0.1) is 0 Å². The van der Waals surface area contributed by atoms with Gasteiger partial charge in [-0.25, -0.2) is 0 Å². The zero-order valence-electron chi connectivity index (χ0n) is 11.2. The molecular weight excluding hydrogens is 228 g/mol. The molecule has 0 saturated heterocycles.